The van der Waals surface area contributed by atoms with Crippen LogP contribution in [0.4, 0.5) is 0 Å². The van der Waals surface area contributed by atoms with Crippen LogP contribution in [0.3, 0.4) is 0 Å². The number of hydrogen-bond donors (Lipinski definition) is 0. The van der Waals surface area contributed by atoms with Gasteiger partial charge in [0.1, 0.15) is 5.71 Å². The molecule has 0 aromatic heterocycles. The molecule has 2 saturated carbocycles. The van der Waals surface area contributed by atoms with Gasteiger partial charge in [-0.3, -0.25) is 4.79 Å². The van der Waals surface area contributed by atoms with E-state index in [0.29, 0.717) is 5.92 Å². The van der Waals surface area contributed by atoms with Gasteiger partial charge in [-0.15, -0.1) is 0 Å². The monoisotopic (exact) mass is 208 g/mol. The minimum Gasteiger partial charge on any atom is -0.303 e. The number of hydrogen-bond acceptors (Lipinski definition) is 3. The highest BCUT2D eigenvalue weighted by Gasteiger charge is 2.65. The number of Topliss-reactive ketones (excluding diaryl/α,β-unsaturated/α-hetero) is 1. The molecule has 0 N–H and O–H groups in total. The van der Waals surface area contributed by atoms with Crippen molar-refractivity contribution in [1.82, 2.24) is 5.01 Å². The summed E-state index contributed by atoms with van der Waals surface area (Å²) in [5, 5.41) is 6.12. The van der Waals surface area contributed by atoms with E-state index < -0.39 is 0 Å². The number of carbonyl (C=O) groups excluding carboxylic acids is 1. The molecule has 2 rings (SSSR count). The molecular weight excluding hydrogens is 188 g/mol. The third-order valence-corrected chi connectivity index (χ3v) is 4.60. The van der Waals surface area contributed by atoms with Crippen molar-refractivity contribution in [2.45, 2.75) is 33.6 Å². The summed E-state index contributed by atoms with van der Waals surface area (Å²) < 4.78 is 0. The largest absolute Gasteiger partial charge is 0.303 e. The summed E-state index contributed by atoms with van der Waals surface area (Å²) in [6.07, 6.45) is 2.14. The molecule has 2 aliphatic carbocycles. The summed E-state index contributed by atoms with van der Waals surface area (Å²) in [5.74, 6) is 0.634. The van der Waals surface area contributed by atoms with Crippen molar-refractivity contribution in [2.75, 3.05) is 14.1 Å². The van der Waals surface area contributed by atoms with Crippen molar-refractivity contribution in [3.05, 3.63) is 0 Å². The molecular formula is C12H20N2O. The zero-order valence-electron chi connectivity index (χ0n) is 10.3. The fourth-order valence-corrected chi connectivity index (χ4v) is 3.16. The predicted octanol–water partition coefficient (Wildman–Crippen LogP) is 1.93. The standard InChI is InChI=1S/C12H20N2O/c1-11(2)8-6-7-12(11,3)10(15)9(8)13-14(4)5/h8H,6-7H2,1-5H3/b13-9-. The zero-order chi connectivity index (χ0) is 11.4. The average Bonchev–Trinajstić information content (AvgIpc) is 2.40. The Balaban J connectivity index is 2.47. The van der Waals surface area contributed by atoms with Crippen molar-refractivity contribution in [2.24, 2.45) is 21.8 Å². The number of nitrogens with zero attached hydrogens (tertiary/aromatic N) is 2. The van der Waals surface area contributed by atoms with Crippen molar-refractivity contribution < 1.29 is 4.79 Å². The highest BCUT2D eigenvalue weighted by Crippen LogP contribution is 2.62. The van der Waals surface area contributed by atoms with Crippen LogP contribution in [0.25, 0.3) is 0 Å². The lowest BCUT2D eigenvalue weighted by Crippen LogP contribution is -2.33. The van der Waals surface area contributed by atoms with E-state index in [0.717, 1.165) is 18.6 Å². The maximum absolute atomic E-state index is 12.3. The second-order valence-electron chi connectivity index (χ2n) is 5.81. The van der Waals surface area contributed by atoms with Crippen LogP contribution < -0.4 is 0 Å². The van der Waals surface area contributed by atoms with Crippen molar-refractivity contribution in [3.8, 4) is 0 Å². The highest BCUT2D eigenvalue weighted by molar-refractivity contribution is 6.45. The Labute approximate surface area is 91.5 Å². The molecule has 2 fully saturated rings. The van der Waals surface area contributed by atoms with E-state index in [4.69, 9.17) is 0 Å². The first-order valence-electron chi connectivity index (χ1n) is 5.61. The first-order valence-corrected chi connectivity index (χ1v) is 5.61. The summed E-state index contributed by atoms with van der Waals surface area (Å²) in [5.41, 5.74) is 0.713. The number of rotatable bonds is 1. The molecule has 0 amide bonds. The van der Waals surface area contributed by atoms with Crippen LogP contribution in [0, 0.1) is 16.7 Å². The van der Waals surface area contributed by atoms with Gasteiger partial charge in [0.05, 0.1) is 0 Å². The summed E-state index contributed by atoms with van der Waals surface area (Å²) in [6.45, 7) is 6.52. The Morgan fingerprint density at radius 2 is 1.93 bits per heavy atom. The minimum absolute atomic E-state index is 0.0823. The Hall–Kier alpha value is -0.860. The molecule has 15 heavy (non-hydrogen) atoms. The maximum Gasteiger partial charge on any atom is 0.185 e. The van der Waals surface area contributed by atoms with Gasteiger partial charge in [-0.05, 0) is 18.3 Å². The fourth-order valence-electron chi connectivity index (χ4n) is 3.16. The van der Waals surface area contributed by atoms with Gasteiger partial charge in [0.2, 0.25) is 0 Å². The highest BCUT2D eigenvalue weighted by atomic mass is 16.1. The maximum atomic E-state index is 12.3. The molecule has 2 bridgehead atoms. The van der Waals surface area contributed by atoms with Crippen LogP contribution in [0.15, 0.2) is 5.10 Å². The Kier molecular flexibility index (Phi) is 2.01. The van der Waals surface area contributed by atoms with Crippen LogP contribution in [-0.2, 0) is 4.79 Å². The molecule has 84 valence electrons. The smallest absolute Gasteiger partial charge is 0.185 e. The van der Waals surface area contributed by atoms with E-state index in [9.17, 15) is 4.79 Å². The molecule has 0 heterocycles. The molecule has 0 aromatic rings. The molecule has 3 heteroatoms. The Morgan fingerprint density at radius 3 is 2.33 bits per heavy atom. The lowest BCUT2D eigenvalue weighted by Gasteiger charge is -2.31. The third-order valence-electron chi connectivity index (χ3n) is 4.60. The molecule has 2 atom stereocenters. The molecule has 0 aliphatic heterocycles. The van der Waals surface area contributed by atoms with Crippen LogP contribution >= 0.6 is 0 Å². The normalized spacial score (nSPS) is 40.2. The predicted molar refractivity (Wildman–Crippen MR) is 60.7 cm³/mol. The van der Waals surface area contributed by atoms with Crippen LogP contribution in [0.5, 0.6) is 0 Å². The molecule has 0 aromatic carbocycles. The SMILES string of the molecule is CN(C)/N=C1\C(=O)C2(C)CCC1C2(C)C. The molecule has 0 radical (unpaired) electrons. The summed E-state index contributed by atoms with van der Waals surface area (Å²) in [7, 11) is 3.75. The summed E-state index contributed by atoms with van der Waals surface area (Å²) in [6, 6.07) is 0. The molecule has 0 saturated heterocycles. The third kappa shape index (κ3) is 1.12. The molecule has 3 nitrogen and oxygen atoms in total. The van der Waals surface area contributed by atoms with E-state index in [-0.39, 0.29) is 16.6 Å². The lowest BCUT2D eigenvalue weighted by molar-refractivity contribution is -0.123. The van der Waals surface area contributed by atoms with Gasteiger partial charge in [-0.1, -0.05) is 20.8 Å². The van der Waals surface area contributed by atoms with Crippen molar-refractivity contribution >= 4 is 11.5 Å². The van der Waals surface area contributed by atoms with Gasteiger partial charge in [-0.25, -0.2) is 0 Å². The minimum atomic E-state index is -0.174. The van der Waals surface area contributed by atoms with E-state index in [1.807, 2.05) is 14.1 Å². The average molecular weight is 208 g/mol. The van der Waals surface area contributed by atoms with E-state index in [2.05, 4.69) is 25.9 Å². The van der Waals surface area contributed by atoms with Crippen LogP contribution in [0.1, 0.15) is 33.6 Å². The summed E-state index contributed by atoms with van der Waals surface area (Å²) in [4.78, 5) is 12.3. The van der Waals surface area contributed by atoms with Crippen LogP contribution in [-0.4, -0.2) is 30.6 Å². The topological polar surface area (TPSA) is 32.7 Å². The first-order chi connectivity index (χ1) is 6.80. The van der Waals surface area contributed by atoms with E-state index in [1.165, 1.54) is 0 Å². The van der Waals surface area contributed by atoms with Crippen molar-refractivity contribution in [1.29, 1.82) is 0 Å². The molecule has 2 aliphatic rings. The van der Waals surface area contributed by atoms with E-state index >= 15 is 0 Å². The van der Waals surface area contributed by atoms with Gasteiger partial charge in [0.15, 0.2) is 5.78 Å². The number of ketones is 1. The first kappa shape index (κ1) is 10.7. The Bertz CT molecular complexity index is 344. The molecule has 0 spiro atoms. The fraction of sp³-hybridized carbons (Fsp3) is 0.833. The van der Waals surface area contributed by atoms with Gasteiger partial charge in [0.25, 0.3) is 0 Å². The zero-order valence-corrected chi connectivity index (χ0v) is 10.3. The summed E-state index contributed by atoms with van der Waals surface area (Å²) >= 11 is 0. The van der Waals surface area contributed by atoms with Crippen molar-refractivity contribution in [3.63, 3.8) is 0 Å². The quantitative estimate of drug-likeness (QED) is 0.617. The van der Waals surface area contributed by atoms with Crippen LogP contribution in [0.2, 0.25) is 0 Å². The number of fused-ring (bicyclic) bond motifs is 2. The van der Waals surface area contributed by atoms with Gasteiger partial charge in [0, 0.05) is 25.4 Å². The van der Waals surface area contributed by atoms with Gasteiger partial charge >= 0.3 is 0 Å². The number of hydrazone groups is 1. The second-order valence-corrected chi connectivity index (χ2v) is 5.81. The Morgan fingerprint density at radius 1 is 1.33 bits per heavy atom. The van der Waals surface area contributed by atoms with Gasteiger partial charge < -0.3 is 5.01 Å². The van der Waals surface area contributed by atoms with E-state index in [1.54, 1.807) is 5.01 Å². The second kappa shape index (κ2) is 2.83. The van der Waals surface area contributed by atoms with Gasteiger partial charge in [-0.2, -0.15) is 5.10 Å². The number of carbonyl (C=O) groups is 1. The lowest BCUT2D eigenvalue weighted by atomic mass is 9.70. The molecule has 2 unspecified atom stereocenters.